The van der Waals surface area contributed by atoms with Crippen LogP contribution in [0.3, 0.4) is 0 Å². The van der Waals surface area contributed by atoms with E-state index < -0.39 is 0 Å². The quantitative estimate of drug-likeness (QED) is 0.155. The van der Waals surface area contributed by atoms with Gasteiger partial charge in [-0.1, -0.05) is 12.8 Å². The van der Waals surface area contributed by atoms with Crippen molar-refractivity contribution in [3.63, 3.8) is 0 Å². The molecule has 11 nitrogen and oxygen atoms in total. The van der Waals surface area contributed by atoms with Crippen molar-refractivity contribution in [3.05, 3.63) is 59.7 Å². The van der Waals surface area contributed by atoms with Crippen molar-refractivity contribution in [1.82, 2.24) is 10.4 Å². The molecule has 0 aliphatic rings. The Bertz CT molecular complexity index is 848. The molecule has 35 heavy (non-hydrogen) atoms. The zero-order chi connectivity index (χ0) is 25.9. The Hall–Kier alpha value is -3.22. The minimum absolute atomic E-state index is 0.0792. The van der Waals surface area contributed by atoms with E-state index in [0.717, 1.165) is 25.7 Å². The van der Waals surface area contributed by atoms with E-state index in [-0.39, 0.29) is 31.6 Å². The molecule has 7 N–H and O–H groups in total. The van der Waals surface area contributed by atoms with Crippen LogP contribution in [-0.4, -0.2) is 70.4 Å². The van der Waals surface area contributed by atoms with Gasteiger partial charge in [0.15, 0.2) is 0 Å². The molecule has 0 saturated carbocycles. The smallest absolute Gasteiger partial charge is 0.277 e. The zero-order valence-corrected chi connectivity index (χ0v) is 19.9. The number of hydrogen-bond donors (Lipinski definition) is 7. The summed E-state index contributed by atoms with van der Waals surface area (Å²) in [4.78, 5) is 28.7. The van der Waals surface area contributed by atoms with Gasteiger partial charge < -0.3 is 15.5 Å². The molecule has 0 unspecified atom stereocenters. The summed E-state index contributed by atoms with van der Waals surface area (Å²) in [7, 11) is 0. The van der Waals surface area contributed by atoms with Gasteiger partial charge >= 0.3 is 0 Å². The molecule has 194 valence electrons. The van der Waals surface area contributed by atoms with Crippen LogP contribution in [0.4, 0.5) is 11.4 Å². The lowest BCUT2D eigenvalue weighted by Crippen LogP contribution is -2.32. The molecule has 2 rings (SSSR count). The van der Waals surface area contributed by atoms with Crippen LogP contribution < -0.4 is 16.3 Å². The summed E-state index contributed by atoms with van der Waals surface area (Å²) in [6, 6.07) is 12.9. The van der Waals surface area contributed by atoms with E-state index in [1.807, 2.05) is 11.0 Å². The SMILES string of the molecule is CCN(OCCO)C(=O)c1ccc(NO)cc1.O=C(NCCCCCCO)c1ccc(NO)cc1. The van der Waals surface area contributed by atoms with Crippen molar-refractivity contribution in [1.29, 1.82) is 0 Å². The second kappa shape index (κ2) is 18.2. The highest BCUT2D eigenvalue weighted by molar-refractivity contribution is 5.94. The number of amides is 2. The van der Waals surface area contributed by atoms with Gasteiger partial charge in [-0.15, -0.1) is 0 Å². The first-order valence-corrected chi connectivity index (χ1v) is 11.5. The molecule has 2 aromatic carbocycles. The van der Waals surface area contributed by atoms with Crippen molar-refractivity contribution in [2.75, 3.05) is 43.9 Å². The first kappa shape index (κ1) is 29.8. The highest BCUT2D eigenvalue weighted by atomic mass is 16.7. The van der Waals surface area contributed by atoms with Gasteiger partial charge in [-0.25, -0.2) is 5.06 Å². The third-order valence-electron chi connectivity index (χ3n) is 4.76. The van der Waals surface area contributed by atoms with E-state index in [4.69, 9.17) is 25.5 Å². The third kappa shape index (κ3) is 11.7. The van der Waals surface area contributed by atoms with Crippen LogP contribution in [0.25, 0.3) is 0 Å². The second-order valence-electron chi connectivity index (χ2n) is 7.33. The number of anilines is 2. The van der Waals surface area contributed by atoms with Gasteiger partial charge in [-0.3, -0.25) is 35.8 Å². The van der Waals surface area contributed by atoms with Gasteiger partial charge in [0.05, 0.1) is 24.6 Å². The highest BCUT2D eigenvalue weighted by Gasteiger charge is 2.14. The Morgan fingerprint density at radius 3 is 1.83 bits per heavy atom. The molecule has 11 heteroatoms. The zero-order valence-electron chi connectivity index (χ0n) is 19.9. The maximum Gasteiger partial charge on any atom is 0.277 e. The van der Waals surface area contributed by atoms with Crippen LogP contribution in [0.5, 0.6) is 0 Å². The summed E-state index contributed by atoms with van der Waals surface area (Å²) in [6.07, 6.45) is 3.74. The maximum absolute atomic E-state index is 11.9. The first-order valence-electron chi connectivity index (χ1n) is 11.5. The number of rotatable bonds is 14. The number of hydrogen-bond acceptors (Lipinski definition) is 9. The van der Waals surface area contributed by atoms with Crippen molar-refractivity contribution in [2.24, 2.45) is 0 Å². The lowest BCUT2D eigenvalue weighted by Gasteiger charge is -2.19. The molecule has 0 spiro atoms. The molecule has 0 aromatic heterocycles. The molecule has 0 aliphatic carbocycles. The van der Waals surface area contributed by atoms with E-state index >= 15 is 0 Å². The fourth-order valence-electron chi connectivity index (χ4n) is 2.87. The van der Waals surface area contributed by atoms with Crippen LogP contribution in [0.2, 0.25) is 0 Å². The normalized spacial score (nSPS) is 10.1. The molecule has 0 radical (unpaired) electrons. The first-order chi connectivity index (χ1) is 17.0. The lowest BCUT2D eigenvalue weighted by molar-refractivity contribution is -0.128. The predicted molar refractivity (Wildman–Crippen MR) is 131 cm³/mol. The standard InChI is InChI=1S/C13H20N2O3.C11H16N2O4/c16-10-4-2-1-3-9-14-13(17)11-5-7-12(15-18)8-6-11;1-2-13(17-8-7-14)11(15)9-3-5-10(12-16)6-4-9/h5-8,15-16,18H,1-4,9-10H2,(H,14,17);3-6,12,14,16H,2,7-8H2,1H3. The van der Waals surface area contributed by atoms with E-state index in [1.165, 1.54) is 5.06 Å². The third-order valence-corrected chi connectivity index (χ3v) is 4.76. The van der Waals surface area contributed by atoms with E-state index in [2.05, 4.69) is 5.32 Å². The molecule has 2 amide bonds. The Labute approximate surface area is 205 Å². The van der Waals surface area contributed by atoms with Crippen LogP contribution in [0, 0.1) is 0 Å². The molecule has 2 aromatic rings. The Balaban J connectivity index is 0.000000351. The number of unbranched alkanes of at least 4 members (excludes halogenated alkanes) is 3. The van der Waals surface area contributed by atoms with Gasteiger partial charge in [-0.05, 0) is 68.3 Å². The number of aliphatic hydroxyl groups excluding tert-OH is 2. The lowest BCUT2D eigenvalue weighted by atomic mass is 10.2. The molecular weight excluding hydrogens is 456 g/mol. The van der Waals surface area contributed by atoms with Gasteiger partial charge in [-0.2, -0.15) is 0 Å². The van der Waals surface area contributed by atoms with Crippen LogP contribution >= 0.6 is 0 Å². The number of aliphatic hydroxyl groups is 2. The van der Waals surface area contributed by atoms with Crippen molar-refractivity contribution in [3.8, 4) is 0 Å². The number of nitrogens with zero attached hydrogens (tertiary/aromatic N) is 1. The average molecular weight is 493 g/mol. The van der Waals surface area contributed by atoms with Crippen LogP contribution in [-0.2, 0) is 4.84 Å². The number of nitrogens with one attached hydrogen (secondary N) is 3. The summed E-state index contributed by atoms with van der Waals surface area (Å²) in [5.41, 5.74) is 6.07. The maximum atomic E-state index is 11.9. The van der Waals surface area contributed by atoms with Crippen molar-refractivity contribution < 1.29 is 35.1 Å². The Morgan fingerprint density at radius 1 is 0.800 bits per heavy atom. The molecule has 0 fully saturated rings. The van der Waals surface area contributed by atoms with Gasteiger partial charge in [0.1, 0.15) is 0 Å². The number of hydroxylamine groups is 2. The van der Waals surface area contributed by atoms with Gasteiger partial charge in [0.25, 0.3) is 11.8 Å². The minimum atomic E-state index is -0.287. The Morgan fingerprint density at radius 2 is 1.34 bits per heavy atom. The van der Waals surface area contributed by atoms with E-state index in [1.54, 1.807) is 55.5 Å². The minimum Gasteiger partial charge on any atom is -0.396 e. The molecule has 0 atom stereocenters. The molecular formula is C24H36N4O7. The van der Waals surface area contributed by atoms with Crippen molar-refractivity contribution in [2.45, 2.75) is 32.6 Å². The monoisotopic (exact) mass is 492 g/mol. The topological polar surface area (TPSA) is 164 Å². The second-order valence-corrected chi connectivity index (χ2v) is 7.33. The van der Waals surface area contributed by atoms with E-state index in [9.17, 15) is 9.59 Å². The average Bonchev–Trinajstić information content (AvgIpc) is 2.91. The summed E-state index contributed by atoms with van der Waals surface area (Å²) in [5.74, 6) is -0.396. The van der Waals surface area contributed by atoms with Crippen LogP contribution in [0.15, 0.2) is 48.5 Å². The summed E-state index contributed by atoms with van der Waals surface area (Å²) in [5, 5.41) is 38.5. The molecule has 0 heterocycles. The predicted octanol–water partition coefficient (Wildman–Crippen LogP) is 2.64. The van der Waals surface area contributed by atoms with Gasteiger partial charge in [0.2, 0.25) is 0 Å². The summed E-state index contributed by atoms with van der Waals surface area (Å²) < 4.78 is 0. The summed E-state index contributed by atoms with van der Waals surface area (Å²) >= 11 is 0. The van der Waals surface area contributed by atoms with E-state index in [0.29, 0.717) is 35.6 Å². The number of carbonyl (C=O) groups excluding carboxylic acids is 2. The summed E-state index contributed by atoms with van der Waals surface area (Å²) in [6.45, 7) is 2.98. The van der Waals surface area contributed by atoms with Crippen LogP contribution in [0.1, 0.15) is 53.3 Å². The highest BCUT2D eigenvalue weighted by Crippen LogP contribution is 2.11. The fourth-order valence-corrected chi connectivity index (χ4v) is 2.87. The van der Waals surface area contributed by atoms with Gasteiger partial charge in [0, 0.05) is 30.8 Å². The van der Waals surface area contributed by atoms with Crippen molar-refractivity contribution >= 4 is 23.2 Å². The Kier molecular flexibility index (Phi) is 15.5. The fraction of sp³-hybridized carbons (Fsp3) is 0.417. The molecule has 0 bridgehead atoms. The largest absolute Gasteiger partial charge is 0.396 e. The molecule has 0 aliphatic heterocycles. The molecule has 0 saturated heterocycles. The number of benzene rings is 2. The number of carbonyl (C=O) groups is 2.